The van der Waals surface area contributed by atoms with Gasteiger partial charge in [-0.2, -0.15) is 0 Å². The van der Waals surface area contributed by atoms with Gasteiger partial charge in [0.15, 0.2) is 0 Å². The molecule has 0 radical (unpaired) electrons. The van der Waals surface area contributed by atoms with Crippen LogP contribution in [-0.4, -0.2) is 30.7 Å². The summed E-state index contributed by atoms with van der Waals surface area (Å²) in [5.41, 5.74) is 2.70. The summed E-state index contributed by atoms with van der Waals surface area (Å²) in [5, 5.41) is 8.89. The van der Waals surface area contributed by atoms with E-state index in [2.05, 4.69) is 50.2 Å². The maximum absolute atomic E-state index is 8.89. The summed E-state index contributed by atoms with van der Waals surface area (Å²) in [6, 6.07) is 8.88. The molecule has 0 fully saturated rings. The van der Waals surface area contributed by atoms with Crippen LogP contribution < -0.4 is 0 Å². The maximum Gasteiger partial charge on any atom is 0.0431 e. The van der Waals surface area contributed by atoms with Crippen LogP contribution >= 0.6 is 0 Å². The summed E-state index contributed by atoms with van der Waals surface area (Å²) in [5.74, 6) is 0. The first-order chi connectivity index (χ1) is 7.16. The van der Waals surface area contributed by atoms with Crippen LogP contribution in [0.5, 0.6) is 0 Å². The zero-order valence-corrected chi connectivity index (χ0v) is 9.90. The number of aliphatic hydroxyl groups is 1. The van der Waals surface area contributed by atoms with Crippen molar-refractivity contribution >= 4 is 0 Å². The van der Waals surface area contributed by atoms with Gasteiger partial charge in [-0.1, -0.05) is 24.3 Å². The van der Waals surface area contributed by atoms with Crippen molar-refractivity contribution in [1.82, 2.24) is 4.90 Å². The Balaban J connectivity index is 2.84. The van der Waals surface area contributed by atoms with Gasteiger partial charge in [-0.25, -0.2) is 0 Å². The van der Waals surface area contributed by atoms with Gasteiger partial charge in [0.25, 0.3) is 0 Å². The molecule has 0 aliphatic rings. The first kappa shape index (κ1) is 12.2. The normalized spacial score (nSPS) is 13.1. The van der Waals surface area contributed by atoms with Gasteiger partial charge in [-0.05, 0) is 45.0 Å². The summed E-state index contributed by atoms with van der Waals surface area (Å²) in [4.78, 5) is 2.22. The van der Waals surface area contributed by atoms with Crippen LogP contribution in [0.4, 0.5) is 0 Å². The highest BCUT2D eigenvalue weighted by molar-refractivity contribution is 5.28. The van der Waals surface area contributed by atoms with Crippen LogP contribution in [0.25, 0.3) is 0 Å². The molecular formula is C13H21NO. The minimum absolute atomic E-state index is 0.274. The summed E-state index contributed by atoms with van der Waals surface area (Å²) < 4.78 is 0. The molecule has 1 rings (SSSR count). The third-order valence-electron chi connectivity index (χ3n) is 2.81. The van der Waals surface area contributed by atoms with E-state index in [9.17, 15) is 0 Å². The highest BCUT2D eigenvalue weighted by atomic mass is 16.2. The predicted molar refractivity (Wildman–Crippen MR) is 63.9 cm³/mol. The zero-order chi connectivity index (χ0) is 11.3. The molecule has 0 bridgehead atoms. The standard InChI is InChI=1S/C13H21NO/c1-11-7-4-5-8-12(11)13(14(2)3)9-6-10-15/h4-5,7-8,13,15H,6,9-10H2,1-3H3. The quantitative estimate of drug-likeness (QED) is 0.801. The van der Waals surface area contributed by atoms with Crippen LogP contribution in [0.2, 0.25) is 0 Å². The molecule has 1 aromatic carbocycles. The molecule has 15 heavy (non-hydrogen) atoms. The third kappa shape index (κ3) is 3.33. The van der Waals surface area contributed by atoms with Crippen molar-refractivity contribution in [3.05, 3.63) is 35.4 Å². The van der Waals surface area contributed by atoms with Crippen LogP contribution in [-0.2, 0) is 0 Å². The van der Waals surface area contributed by atoms with E-state index >= 15 is 0 Å². The van der Waals surface area contributed by atoms with Crippen molar-refractivity contribution in [3.63, 3.8) is 0 Å². The summed E-state index contributed by atoms with van der Waals surface area (Å²) in [6.45, 7) is 2.42. The smallest absolute Gasteiger partial charge is 0.0431 e. The highest BCUT2D eigenvalue weighted by Gasteiger charge is 2.14. The van der Waals surface area contributed by atoms with E-state index in [0.29, 0.717) is 6.04 Å². The first-order valence-electron chi connectivity index (χ1n) is 5.49. The Hall–Kier alpha value is -0.860. The van der Waals surface area contributed by atoms with E-state index in [1.165, 1.54) is 11.1 Å². The minimum Gasteiger partial charge on any atom is -0.396 e. The highest BCUT2D eigenvalue weighted by Crippen LogP contribution is 2.25. The molecule has 0 aromatic heterocycles. The van der Waals surface area contributed by atoms with Gasteiger partial charge < -0.3 is 10.0 Å². The topological polar surface area (TPSA) is 23.5 Å². The van der Waals surface area contributed by atoms with Gasteiger partial charge >= 0.3 is 0 Å². The number of aliphatic hydroxyl groups excluding tert-OH is 1. The number of hydrogen-bond acceptors (Lipinski definition) is 2. The number of hydrogen-bond donors (Lipinski definition) is 1. The second-order valence-electron chi connectivity index (χ2n) is 4.20. The summed E-state index contributed by atoms with van der Waals surface area (Å²) >= 11 is 0. The maximum atomic E-state index is 8.89. The van der Waals surface area contributed by atoms with Crippen molar-refractivity contribution < 1.29 is 5.11 Å². The SMILES string of the molecule is Cc1ccccc1C(CCCO)N(C)C. The lowest BCUT2D eigenvalue weighted by Crippen LogP contribution is -2.21. The fourth-order valence-electron chi connectivity index (χ4n) is 1.94. The Labute approximate surface area is 92.5 Å². The Morgan fingerprint density at radius 2 is 1.93 bits per heavy atom. The van der Waals surface area contributed by atoms with Gasteiger partial charge in [-0.15, -0.1) is 0 Å². The Morgan fingerprint density at radius 1 is 1.27 bits per heavy atom. The Morgan fingerprint density at radius 3 is 2.47 bits per heavy atom. The molecule has 2 nitrogen and oxygen atoms in total. The first-order valence-corrected chi connectivity index (χ1v) is 5.49. The van der Waals surface area contributed by atoms with Crippen molar-refractivity contribution in [2.75, 3.05) is 20.7 Å². The number of rotatable bonds is 5. The van der Waals surface area contributed by atoms with E-state index in [-0.39, 0.29) is 6.61 Å². The molecule has 0 amide bonds. The molecule has 0 heterocycles. The van der Waals surface area contributed by atoms with Gasteiger partial charge in [0.1, 0.15) is 0 Å². The molecule has 84 valence electrons. The van der Waals surface area contributed by atoms with Gasteiger partial charge in [-0.3, -0.25) is 0 Å². The third-order valence-corrected chi connectivity index (χ3v) is 2.81. The van der Waals surface area contributed by atoms with Crippen molar-refractivity contribution in [2.24, 2.45) is 0 Å². The van der Waals surface area contributed by atoms with Gasteiger partial charge in [0.2, 0.25) is 0 Å². The molecule has 1 aromatic rings. The summed E-state index contributed by atoms with van der Waals surface area (Å²) in [7, 11) is 4.18. The second-order valence-corrected chi connectivity index (χ2v) is 4.20. The second kappa shape index (κ2) is 5.89. The number of benzene rings is 1. The van der Waals surface area contributed by atoms with Gasteiger partial charge in [0.05, 0.1) is 0 Å². The average Bonchev–Trinajstić information content (AvgIpc) is 2.20. The van der Waals surface area contributed by atoms with Crippen molar-refractivity contribution in [3.8, 4) is 0 Å². The average molecular weight is 207 g/mol. The minimum atomic E-state index is 0.274. The largest absolute Gasteiger partial charge is 0.396 e. The monoisotopic (exact) mass is 207 g/mol. The molecule has 0 saturated carbocycles. The lowest BCUT2D eigenvalue weighted by atomic mass is 9.97. The van der Waals surface area contributed by atoms with E-state index in [0.717, 1.165) is 12.8 Å². The van der Waals surface area contributed by atoms with E-state index in [1.807, 2.05) is 0 Å². The van der Waals surface area contributed by atoms with Crippen molar-refractivity contribution in [1.29, 1.82) is 0 Å². The Bertz CT molecular complexity index is 296. The van der Waals surface area contributed by atoms with Gasteiger partial charge in [0, 0.05) is 12.6 Å². The van der Waals surface area contributed by atoms with E-state index < -0.39 is 0 Å². The molecule has 2 heteroatoms. The molecule has 1 atom stereocenters. The van der Waals surface area contributed by atoms with E-state index in [4.69, 9.17) is 5.11 Å². The molecule has 0 saturated heterocycles. The predicted octanol–water partition coefficient (Wildman–Crippen LogP) is 2.37. The number of nitrogens with zero attached hydrogens (tertiary/aromatic N) is 1. The molecule has 0 aliphatic carbocycles. The van der Waals surface area contributed by atoms with Crippen LogP contribution in [0, 0.1) is 6.92 Å². The van der Waals surface area contributed by atoms with Crippen LogP contribution in [0.3, 0.4) is 0 Å². The molecule has 1 unspecified atom stereocenters. The lowest BCUT2D eigenvalue weighted by molar-refractivity contribution is 0.235. The Kier molecular flexibility index (Phi) is 4.79. The molecule has 0 aliphatic heterocycles. The van der Waals surface area contributed by atoms with Crippen LogP contribution in [0.15, 0.2) is 24.3 Å². The molecule has 1 N–H and O–H groups in total. The zero-order valence-electron chi connectivity index (χ0n) is 9.90. The fraction of sp³-hybridized carbons (Fsp3) is 0.538. The van der Waals surface area contributed by atoms with Crippen LogP contribution in [0.1, 0.15) is 30.0 Å². The molecule has 0 spiro atoms. The molecular weight excluding hydrogens is 186 g/mol. The fourth-order valence-corrected chi connectivity index (χ4v) is 1.94. The number of aryl methyl sites for hydroxylation is 1. The summed E-state index contributed by atoms with van der Waals surface area (Å²) in [6.07, 6.45) is 1.87. The van der Waals surface area contributed by atoms with E-state index in [1.54, 1.807) is 0 Å². The lowest BCUT2D eigenvalue weighted by Gasteiger charge is -2.26. The van der Waals surface area contributed by atoms with Crippen molar-refractivity contribution in [2.45, 2.75) is 25.8 Å².